The zero-order valence-electron chi connectivity index (χ0n) is 17.1. The molecule has 3 heterocycles. The highest BCUT2D eigenvalue weighted by Gasteiger charge is 2.18. The topological polar surface area (TPSA) is 74.1 Å². The molecular formula is C24H18ClN3O3S. The van der Waals surface area contributed by atoms with E-state index in [0.29, 0.717) is 34.5 Å². The van der Waals surface area contributed by atoms with Gasteiger partial charge in [-0.3, -0.25) is 4.57 Å². The van der Waals surface area contributed by atoms with E-state index in [1.165, 1.54) is 17.8 Å². The zero-order valence-corrected chi connectivity index (χ0v) is 18.7. The molecule has 6 nitrogen and oxygen atoms in total. The van der Waals surface area contributed by atoms with Crippen LogP contribution in [0.3, 0.4) is 0 Å². The van der Waals surface area contributed by atoms with Crippen molar-refractivity contribution in [1.29, 1.82) is 0 Å². The lowest BCUT2D eigenvalue weighted by Gasteiger charge is -2.10. The molecule has 0 saturated heterocycles. The highest BCUT2D eigenvalue weighted by atomic mass is 35.5. The minimum Gasteiger partial charge on any atom is -0.461 e. The Balaban J connectivity index is 1.51. The molecule has 0 N–H and O–H groups in total. The second-order valence-electron chi connectivity index (χ2n) is 7.33. The van der Waals surface area contributed by atoms with Crippen LogP contribution >= 0.6 is 23.4 Å². The summed E-state index contributed by atoms with van der Waals surface area (Å²) in [7, 11) is 0. The Bertz CT molecular complexity index is 1440. The van der Waals surface area contributed by atoms with Crippen molar-refractivity contribution < 1.29 is 8.83 Å². The predicted molar refractivity (Wildman–Crippen MR) is 125 cm³/mol. The van der Waals surface area contributed by atoms with E-state index in [4.69, 9.17) is 20.4 Å². The van der Waals surface area contributed by atoms with Crippen LogP contribution in [0.25, 0.3) is 22.6 Å². The molecule has 0 bridgehead atoms. The number of benzene rings is 2. The van der Waals surface area contributed by atoms with Crippen molar-refractivity contribution in [3.63, 3.8) is 0 Å². The highest BCUT2D eigenvalue weighted by Crippen LogP contribution is 2.31. The number of thioether (sulfide) groups is 1. The number of halogens is 1. The molecule has 0 spiro atoms. The van der Waals surface area contributed by atoms with E-state index in [0.717, 1.165) is 27.2 Å². The summed E-state index contributed by atoms with van der Waals surface area (Å²) < 4.78 is 13.0. The molecule has 160 valence electrons. The minimum atomic E-state index is -0.392. The van der Waals surface area contributed by atoms with Crippen molar-refractivity contribution in [2.75, 3.05) is 0 Å². The molecular weight excluding hydrogens is 446 g/mol. The highest BCUT2D eigenvalue weighted by molar-refractivity contribution is 7.98. The summed E-state index contributed by atoms with van der Waals surface area (Å²) in [5, 5.41) is 10.9. The molecule has 8 heteroatoms. The maximum absolute atomic E-state index is 12.1. The summed E-state index contributed by atoms with van der Waals surface area (Å²) in [6, 6.07) is 18.9. The van der Waals surface area contributed by atoms with Crippen LogP contribution in [0.5, 0.6) is 0 Å². The van der Waals surface area contributed by atoms with E-state index in [1.807, 2.05) is 47.9 Å². The van der Waals surface area contributed by atoms with Crippen LogP contribution in [0.1, 0.15) is 16.7 Å². The molecule has 0 radical (unpaired) electrons. The average Bonchev–Trinajstić information content (AvgIpc) is 3.44. The Morgan fingerprint density at radius 1 is 1.06 bits per heavy atom. The molecule has 0 amide bonds. The Hall–Kier alpha value is -3.29. The largest absolute Gasteiger partial charge is 0.461 e. The zero-order chi connectivity index (χ0) is 22.1. The van der Waals surface area contributed by atoms with Gasteiger partial charge in [0.15, 0.2) is 10.9 Å². The second kappa shape index (κ2) is 8.68. The van der Waals surface area contributed by atoms with Crippen LogP contribution in [-0.4, -0.2) is 14.8 Å². The normalized spacial score (nSPS) is 11.3. The van der Waals surface area contributed by atoms with Crippen molar-refractivity contribution in [1.82, 2.24) is 14.8 Å². The van der Waals surface area contributed by atoms with Crippen LogP contribution in [0, 0.1) is 6.92 Å². The van der Waals surface area contributed by atoms with Crippen LogP contribution in [0.15, 0.2) is 85.7 Å². The third-order valence-electron chi connectivity index (χ3n) is 5.11. The number of aryl methyl sites for hydroxylation is 1. The van der Waals surface area contributed by atoms with Crippen LogP contribution in [-0.2, 0) is 12.3 Å². The molecule has 0 aliphatic heterocycles. The first-order chi connectivity index (χ1) is 15.6. The number of aromatic nitrogens is 3. The molecule has 32 heavy (non-hydrogen) atoms. The molecule has 5 rings (SSSR count). The van der Waals surface area contributed by atoms with E-state index in [2.05, 4.69) is 22.3 Å². The lowest BCUT2D eigenvalue weighted by molar-refractivity contribution is 0.559. The van der Waals surface area contributed by atoms with Crippen molar-refractivity contribution in [2.45, 2.75) is 24.4 Å². The van der Waals surface area contributed by atoms with Crippen molar-refractivity contribution in [3.8, 4) is 11.6 Å². The number of hydrogen-bond acceptors (Lipinski definition) is 6. The second-order valence-corrected chi connectivity index (χ2v) is 8.68. The van der Waals surface area contributed by atoms with Gasteiger partial charge in [0.1, 0.15) is 5.58 Å². The van der Waals surface area contributed by atoms with Gasteiger partial charge in [-0.1, -0.05) is 53.7 Å². The van der Waals surface area contributed by atoms with E-state index in [9.17, 15) is 4.79 Å². The summed E-state index contributed by atoms with van der Waals surface area (Å²) in [6.07, 6.45) is 1.62. The number of hydrogen-bond donors (Lipinski definition) is 0. The van der Waals surface area contributed by atoms with Gasteiger partial charge < -0.3 is 8.83 Å². The predicted octanol–water partition coefficient (Wildman–Crippen LogP) is 5.95. The van der Waals surface area contributed by atoms with Gasteiger partial charge in [0.2, 0.25) is 5.82 Å². The SMILES string of the molecule is Cc1cc2oc(=O)cc(CSc3nnc(-c4ccco4)n3Cc3ccccc3)c2cc1Cl. The summed E-state index contributed by atoms with van der Waals surface area (Å²) in [6.45, 7) is 2.47. The average molecular weight is 464 g/mol. The summed E-state index contributed by atoms with van der Waals surface area (Å²) in [4.78, 5) is 12.1. The first-order valence-electron chi connectivity index (χ1n) is 9.95. The molecule has 0 unspecified atom stereocenters. The molecule has 2 aromatic carbocycles. The lowest BCUT2D eigenvalue weighted by atomic mass is 10.1. The van der Waals surface area contributed by atoms with Gasteiger partial charge in [0, 0.05) is 22.2 Å². The summed E-state index contributed by atoms with van der Waals surface area (Å²) >= 11 is 7.82. The van der Waals surface area contributed by atoms with E-state index >= 15 is 0 Å². The number of nitrogens with zero attached hydrogens (tertiary/aromatic N) is 3. The van der Waals surface area contributed by atoms with Crippen LogP contribution < -0.4 is 5.63 Å². The first kappa shape index (κ1) is 20.6. The fourth-order valence-electron chi connectivity index (χ4n) is 3.50. The van der Waals surface area contributed by atoms with Crippen molar-refractivity contribution >= 4 is 34.3 Å². The standard InChI is InChI=1S/C24H18ClN3O3S/c1-15-10-21-18(12-19(15)25)17(11-22(29)31-21)14-32-24-27-26-23(20-8-5-9-30-20)28(24)13-16-6-3-2-4-7-16/h2-12H,13-14H2,1H3. The maximum atomic E-state index is 12.1. The Labute approximate surface area is 192 Å². The molecule has 3 aromatic heterocycles. The Kier molecular flexibility index (Phi) is 5.59. The van der Waals surface area contributed by atoms with E-state index in [1.54, 1.807) is 12.3 Å². The van der Waals surface area contributed by atoms with Gasteiger partial charge in [-0.2, -0.15) is 0 Å². The molecule has 0 aliphatic rings. The fraction of sp³-hybridized carbons (Fsp3) is 0.125. The third kappa shape index (κ3) is 4.09. The van der Waals surface area contributed by atoms with Gasteiger partial charge in [-0.15, -0.1) is 10.2 Å². The Morgan fingerprint density at radius 3 is 2.69 bits per heavy atom. The quantitative estimate of drug-likeness (QED) is 0.229. The number of furan rings is 1. The third-order valence-corrected chi connectivity index (χ3v) is 6.53. The number of fused-ring (bicyclic) bond motifs is 1. The summed E-state index contributed by atoms with van der Waals surface area (Å²) in [5.41, 5.74) is 2.94. The maximum Gasteiger partial charge on any atom is 0.336 e. The minimum absolute atomic E-state index is 0.392. The van der Waals surface area contributed by atoms with Gasteiger partial charge in [0.05, 0.1) is 12.8 Å². The van der Waals surface area contributed by atoms with Gasteiger partial charge >= 0.3 is 5.63 Å². The summed E-state index contributed by atoms with van der Waals surface area (Å²) in [5.74, 6) is 1.80. The molecule has 0 fully saturated rings. The van der Waals surface area contributed by atoms with E-state index in [-0.39, 0.29) is 0 Å². The monoisotopic (exact) mass is 463 g/mol. The molecule has 0 atom stereocenters. The van der Waals surface area contributed by atoms with Crippen LogP contribution in [0.2, 0.25) is 5.02 Å². The first-order valence-corrected chi connectivity index (χ1v) is 11.3. The molecule has 0 aliphatic carbocycles. The smallest absolute Gasteiger partial charge is 0.336 e. The molecule has 0 saturated carbocycles. The lowest BCUT2D eigenvalue weighted by Crippen LogP contribution is -2.04. The van der Waals surface area contributed by atoms with E-state index < -0.39 is 5.63 Å². The van der Waals surface area contributed by atoms with Crippen molar-refractivity contribution in [2.24, 2.45) is 0 Å². The van der Waals surface area contributed by atoms with Gasteiger partial charge in [0.25, 0.3) is 0 Å². The Morgan fingerprint density at radius 2 is 1.91 bits per heavy atom. The van der Waals surface area contributed by atoms with Crippen LogP contribution in [0.4, 0.5) is 0 Å². The van der Waals surface area contributed by atoms with Gasteiger partial charge in [-0.05, 0) is 47.9 Å². The number of rotatable bonds is 6. The fourth-order valence-corrected chi connectivity index (χ4v) is 4.59. The molecule has 5 aromatic rings. The van der Waals surface area contributed by atoms with Gasteiger partial charge in [-0.25, -0.2) is 4.79 Å². The van der Waals surface area contributed by atoms with Crippen molar-refractivity contribution in [3.05, 3.63) is 99.1 Å².